The van der Waals surface area contributed by atoms with Crippen molar-refractivity contribution in [1.29, 1.82) is 0 Å². The molecular formula is C25H26F3N7O. The molecule has 2 N–H and O–H groups in total. The minimum absolute atomic E-state index is 0.105. The number of pyridine rings is 1. The van der Waals surface area contributed by atoms with Gasteiger partial charge in [-0.15, -0.1) is 0 Å². The number of benzene rings is 1. The van der Waals surface area contributed by atoms with Crippen LogP contribution in [-0.4, -0.2) is 54.5 Å². The third kappa shape index (κ3) is 4.83. The number of aliphatic imine (C=N–C) groups is 1. The van der Waals surface area contributed by atoms with Gasteiger partial charge in [0.25, 0.3) is 0 Å². The quantitative estimate of drug-likeness (QED) is 0.474. The second kappa shape index (κ2) is 9.73. The third-order valence-corrected chi connectivity index (χ3v) is 6.51. The molecule has 2 atom stereocenters. The SMILES string of the molecule is C=Nc1cnc(NC(C)c2ccc(N3CCOCC3)cc2)nc1C1CNc2ncc(C(F)(F)F)cc21. The van der Waals surface area contributed by atoms with Crippen LogP contribution >= 0.6 is 0 Å². The Morgan fingerprint density at radius 1 is 1.17 bits per heavy atom. The maximum atomic E-state index is 13.3. The first kappa shape index (κ1) is 24.0. The average Bonchev–Trinajstić information content (AvgIpc) is 3.32. The van der Waals surface area contributed by atoms with Crippen molar-refractivity contribution in [3.8, 4) is 0 Å². The molecule has 8 nitrogen and oxygen atoms in total. The minimum Gasteiger partial charge on any atom is -0.378 e. The Bertz CT molecular complexity index is 1240. The van der Waals surface area contributed by atoms with Crippen LogP contribution in [0.2, 0.25) is 0 Å². The van der Waals surface area contributed by atoms with Crippen LogP contribution in [0.15, 0.2) is 47.7 Å². The van der Waals surface area contributed by atoms with Gasteiger partial charge in [0, 0.05) is 43.0 Å². The van der Waals surface area contributed by atoms with E-state index in [1.165, 1.54) is 6.20 Å². The minimum atomic E-state index is -4.49. The second-order valence-corrected chi connectivity index (χ2v) is 8.77. The molecule has 1 fully saturated rings. The molecule has 3 aromatic rings. The Balaban J connectivity index is 1.37. The first-order valence-electron chi connectivity index (χ1n) is 11.7. The normalized spacial score (nSPS) is 18.3. The first-order valence-corrected chi connectivity index (χ1v) is 11.7. The summed E-state index contributed by atoms with van der Waals surface area (Å²) in [7, 11) is 0. The molecular weight excluding hydrogens is 471 g/mol. The van der Waals surface area contributed by atoms with Crippen molar-refractivity contribution in [3.63, 3.8) is 0 Å². The van der Waals surface area contributed by atoms with E-state index < -0.39 is 17.7 Å². The number of aromatic nitrogens is 3. The highest BCUT2D eigenvalue weighted by atomic mass is 19.4. The van der Waals surface area contributed by atoms with E-state index in [4.69, 9.17) is 4.74 Å². The van der Waals surface area contributed by atoms with Crippen LogP contribution in [-0.2, 0) is 10.9 Å². The van der Waals surface area contributed by atoms with Gasteiger partial charge in [-0.05, 0) is 37.4 Å². The van der Waals surface area contributed by atoms with Gasteiger partial charge < -0.3 is 20.3 Å². The van der Waals surface area contributed by atoms with Crippen LogP contribution in [0.5, 0.6) is 0 Å². The molecule has 11 heteroatoms. The number of rotatable bonds is 6. The van der Waals surface area contributed by atoms with E-state index in [9.17, 15) is 13.2 Å². The van der Waals surface area contributed by atoms with E-state index in [0.717, 1.165) is 49.8 Å². The first-order chi connectivity index (χ1) is 17.3. The molecule has 2 aliphatic heterocycles. The van der Waals surface area contributed by atoms with Crippen LogP contribution in [0.25, 0.3) is 0 Å². The predicted molar refractivity (Wildman–Crippen MR) is 132 cm³/mol. The van der Waals surface area contributed by atoms with Crippen LogP contribution in [0, 0.1) is 0 Å². The maximum Gasteiger partial charge on any atom is 0.417 e. The van der Waals surface area contributed by atoms with E-state index in [2.05, 4.69) is 66.5 Å². The van der Waals surface area contributed by atoms with E-state index in [-0.39, 0.29) is 6.04 Å². The van der Waals surface area contributed by atoms with Gasteiger partial charge >= 0.3 is 6.18 Å². The van der Waals surface area contributed by atoms with Gasteiger partial charge in [0.2, 0.25) is 5.95 Å². The molecule has 36 heavy (non-hydrogen) atoms. The van der Waals surface area contributed by atoms with Crippen molar-refractivity contribution in [2.75, 3.05) is 48.4 Å². The van der Waals surface area contributed by atoms with Crippen molar-refractivity contribution < 1.29 is 17.9 Å². The van der Waals surface area contributed by atoms with Crippen molar-refractivity contribution in [1.82, 2.24) is 15.0 Å². The maximum absolute atomic E-state index is 13.3. The lowest BCUT2D eigenvalue weighted by atomic mass is 9.96. The van der Waals surface area contributed by atoms with Crippen molar-refractivity contribution >= 4 is 29.9 Å². The number of hydrogen-bond donors (Lipinski definition) is 2. The number of fused-ring (bicyclic) bond motifs is 1. The van der Waals surface area contributed by atoms with Gasteiger partial charge in [0.1, 0.15) is 11.5 Å². The number of nitrogens with zero attached hydrogens (tertiary/aromatic N) is 5. The van der Waals surface area contributed by atoms with Gasteiger partial charge in [-0.25, -0.2) is 15.0 Å². The Kier molecular flexibility index (Phi) is 6.48. The van der Waals surface area contributed by atoms with Gasteiger partial charge in [-0.3, -0.25) is 4.99 Å². The fraction of sp³-hybridized carbons (Fsp3) is 0.360. The molecule has 1 saturated heterocycles. The monoisotopic (exact) mass is 497 g/mol. The molecule has 0 amide bonds. The Morgan fingerprint density at radius 2 is 1.92 bits per heavy atom. The van der Waals surface area contributed by atoms with Gasteiger partial charge in [0.05, 0.1) is 36.7 Å². The summed E-state index contributed by atoms with van der Waals surface area (Å²) in [6.45, 7) is 9.12. The van der Waals surface area contributed by atoms with Crippen LogP contribution in [0.4, 0.5) is 36.3 Å². The summed E-state index contributed by atoms with van der Waals surface area (Å²) < 4.78 is 45.3. The molecule has 0 saturated carbocycles. The number of alkyl halides is 3. The average molecular weight is 498 g/mol. The summed E-state index contributed by atoms with van der Waals surface area (Å²) in [6, 6.07) is 9.30. The molecule has 2 aliphatic rings. The number of anilines is 3. The zero-order valence-electron chi connectivity index (χ0n) is 19.7. The molecule has 2 unspecified atom stereocenters. The Labute approximate surface area is 206 Å². The Hall–Kier alpha value is -3.73. The van der Waals surface area contributed by atoms with Gasteiger partial charge in [-0.1, -0.05) is 12.1 Å². The van der Waals surface area contributed by atoms with Gasteiger partial charge in [0.15, 0.2) is 0 Å². The van der Waals surface area contributed by atoms with Crippen LogP contribution in [0.1, 0.15) is 41.3 Å². The molecule has 2 aromatic heterocycles. The molecule has 0 radical (unpaired) electrons. The highest BCUT2D eigenvalue weighted by molar-refractivity contribution is 5.61. The summed E-state index contributed by atoms with van der Waals surface area (Å²) in [5.41, 5.74) is 2.73. The zero-order chi connectivity index (χ0) is 25.3. The lowest BCUT2D eigenvalue weighted by Crippen LogP contribution is -2.36. The topological polar surface area (TPSA) is 87.6 Å². The largest absolute Gasteiger partial charge is 0.417 e. The fourth-order valence-electron chi connectivity index (χ4n) is 4.51. The smallest absolute Gasteiger partial charge is 0.378 e. The van der Waals surface area contributed by atoms with E-state index in [1.54, 1.807) is 0 Å². The molecule has 0 aliphatic carbocycles. The Morgan fingerprint density at radius 3 is 2.61 bits per heavy atom. The van der Waals surface area contributed by atoms with E-state index in [1.807, 2.05) is 6.92 Å². The lowest BCUT2D eigenvalue weighted by molar-refractivity contribution is -0.137. The zero-order valence-corrected chi connectivity index (χ0v) is 19.7. The highest BCUT2D eigenvalue weighted by Gasteiger charge is 2.35. The van der Waals surface area contributed by atoms with E-state index in [0.29, 0.717) is 35.3 Å². The van der Waals surface area contributed by atoms with Crippen molar-refractivity contribution in [2.45, 2.75) is 25.1 Å². The number of halogens is 3. The lowest BCUT2D eigenvalue weighted by Gasteiger charge is -2.29. The number of ether oxygens (including phenoxy) is 1. The molecule has 1 aromatic carbocycles. The van der Waals surface area contributed by atoms with E-state index >= 15 is 0 Å². The summed E-state index contributed by atoms with van der Waals surface area (Å²) in [5, 5.41) is 6.36. The summed E-state index contributed by atoms with van der Waals surface area (Å²) in [6.07, 6.45) is -2.12. The standard InChI is InChI=1S/C25H26F3N7O/c1-15(16-3-5-18(6-4-16)35-7-9-36-10-8-35)33-24-32-14-21(29-2)22(34-24)20-13-31-23-19(20)11-17(12-30-23)25(26,27)28/h3-6,11-12,14-15,20H,2,7-10,13H2,1H3,(H,30,31)(H,32,33,34). The van der Waals surface area contributed by atoms with Crippen LogP contribution < -0.4 is 15.5 Å². The summed E-state index contributed by atoms with van der Waals surface area (Å²) in [5.74, 6) is 0.294. The number of hydrogen-bond acceptors (Lipinski definition) is 8. The predicted octanol–water partition coefficient (Wildman–Crippen LogP) is 4.79. The molecule has 5 rings (SSSR count). The van der Waals surface area contributed by atoms with Crippen molar-refractivity contribution in [2.24, 2.45) is 4.99 Å². The molecule has 188 valence electrons. The number of nitrogens with one attached hydrogen (secondary N) is 2. The summed E-state index contributed by atoms with van der Waals surface area (Å²) in [4.78, 5) is 19.3. The molecule has 0 spiro atoms. The second-order valence-electron chi connectivity index (χ2n) is 8.77. The molecule has 4 heterocycles. The molecule has 0 bridgehead atoms. The van der Waals surface area contributed by atoms with Crippen molar-refractivity contribution in [3.05, 3.63) is 65.1 Å². The fourth-order valence-corrected chi connectivity index (χ4v) is 4.51. The third-order valence-electron chi connectivity index (χ3n) is 6.51. The highest BCUT2D eigenvalue weighted by Crippen LogP contribution is 2.41. The van der Waals surface area contributed by atoms with Crippen LogP contribution in [0.3, 0.4) is 0 Å². The number of morpholine rings is 1. The van der Waals surface area contributed by atoms with Gasteiger partial charge in [-0.2, -0.15) is 13.2 Å². The summed E-state index contributed by atoms with van der Waals surface area (Å²) >= 11 is 0.